The zero-order chi connectivity index (χ0) is 14.7. The molecule has 1 unspecified atom stereocenters. The number of alkyl halides is 2. The molecule has 0 bridgehead atoms. The van der Waals surface area contributed by atoms with E-state index in [9.17, 15) is 18.4 Å². The van der Waals surface area contributed by atoms with Crippen LogP contribution in [0, 0.1) is 0 Å². The van der Waals surface area contributed by atoms with Gasteiger partial charge in [0.05, 0.1) is 6.42 Å². The molecule has 1 aromatic heterocycles. The second kappa shape index (κ2) is 6.02. The van der Waals surface area contributed by atoms with Crippen LogP contribution in [0.1, 0.15) is 48.4 Å². The van der Waals surface area contributed by atoms with Crippen molar-refractivity contribution < 1.29 is 27.9 Å². The van der Waals surface area contributed by atoms with Gasteiger partial charge >= 0.3 is 5.97 Å². The van der Waals surface area contributed by atoms with E-state index in [1.165, 1.54) is 11.0 Å². The van der Waals surface area contributed by atoms with Crippen LogP contribution < -0.4 is 0 Å². The molecule has 2 heterocycles. The molecule has 0 radical (unpaired) electrons. The molecule has 1 saturated heterocycles. The topological polar surface area (TPSA) is 70.8 Å². The normalized spacial score (nSPS) is 19.4. The van der Waals surface area contributed by atoms with Crippen LogP contribution in [0.15, 0.2) is 16.5 Å². The van der Waals surface area contributed by atoms with Gasteiger partial charge in [-0.15, -0.1) is 0 Å². The number of carbonyl (C=O) groups is 2. The quantitative estimate of drug-likeness (QED) is 0.924. The second-order valence-electron chi connectivity index (χ2n) is 4.75. The maximum atomic E-state index is 12.4. The van der Waals surface area contributed by atoms with Gasteiger partial charge in [-0.3, -0.25) is 9.59 Å². The minimum atomic E-state index is -2.77. The van der Waals surface area contributed by atoms with Crippen LogP contribution in [0.2, 0.25) is 0 Å². The van der Waals surface area contributed by atoms with E-state index in [0.717, 1.165) is 18.9 Å². The zero-order valence-electron chi connectivity index (χ0n) is 10.7. The number of hydrogen-bond acceptors (Lipinski definition) is 3. The van der Waals surface area contributed by atoms with E-state index in [1.54, 1.807) is 0 Å². The Bertz CT molecular complexity index is 500. The Hall–Kier alpha value is -1.92. The molecule has 20 heavy (non-hydrogen) atoms. The summed E-state index contributed by atoms with van der Waals surface area (Å²) in [7, 11) is 0. The summed E-state index contributed by atoms with van der Waals surface area (Å²) in [5.74, 6) is -2.23. The molecule has 0 aromatic carbocycles. The smallest absolute Gasteiger partial charge is 0.305 e. The highest BCUT2D eigenvalue weighted by molar-refractivity contribution is 5.92. The lowest BCUT2D eigenvalue weighted by atomic mass is 9.99. The van der Waals surface area contributed by atoms with Crippen LogP contribution in [0.25, 0.3) is 0 Å². The first-order valence-corrected chi connectivity index (χ1v) is 6.39. The SMILES string of the molecule is O=C(O)CC1CCCCN1C(=O)c1ccc(C(F)F)o1. The molecule has 2 rings (SSSR count). The average Bonchev–Trinajstić information content (AvgIpc) is 2.87. The fraction of sp³-hybridized carbons (Fsp3) is 0.538. The van der Waals surface area contributed by atoms with E-state index in [2.05, 4.69) is 0 Å². The van der Waals surface area contributed by atoms with Crippen LogP contribution in [0.5, 0.6) is 0 Å². The number of hydrogen-bond donors (Lipinski definition) is 1. The fourth-order valence-electron chi connectivity index (χ4n) is 2.41. The Labute approximate surface area is 114 Å². The predicted molar refractivity (Wildman–Crippen MR) is 64.6 cm³/mol. The number of carboxylic acid groups (broad SMARTS) is 1. The van der Waals surface area contributed by atoms with Crippen molar-refractivity contribution in [3.05, 3.63) is 23.7 Å². The number of rotatable bonds is 4. The minimum absolute atomic E-state index is 0.145. The van der Waals surface area contributed by atoms with Crippen molar-refractivity contribution in [3.8, 4) is 0 Å². The standard InChI is InChI=1S/C13H15F2NO4/c14-12(15)9-4-5-10(20-9)13(19)16-6-2-1-3-8(16)7-11(17)18/h4-5,8,12H,1-3,6-7H2,(H,17,18). The van der Waals surface area contributed by atoms with Gasteiger partial charge in [-0.2, -0.15) is 0 Å². The first-order valence-electron chi connectivity index (χ1n) is 6.39. The van der Waals surface area contributed by atoms with Crippen LogP contribution in [-0.2, 0) is 4.79 Å². The summed E-state index contributed by atoms with van der Waals surface area (Å²) in [6.07, 6.45) is -0.700. The Morgan fingerprint density at radius 2 is 2.15 bits per heavy atom. The van der Waals surface area contributed by atoms with Gasteiger partial charge in [0.1, 0.15) is 0 Å². The highest BCUT2D eigenvalue weighted by Crippen LogP contribution is 2.25. The number of aliphatic carboxylic acids is 1. The van der Waals surface area contributed by atoms with Gasteiger partial charge in [0, 0.05) is 12.6 Å². The molecule has 5 nitrogen and oxygen atoms in total. The predicted octanol–water partition coefficient (Wildman–Crippen LogP) is 2.69. The highest BCUT2D eigenvalue weighted by atomic mass is 19.3. The molecule has 1 N–H and O–H groups in total. The minimum Gasteiger partial charge on any atom is -0.481 e. The summed E-state index contributed by atoms with van der Waals surface area (Å²) in [6, 6.07) is 1.86. The van der Waals surface area contributed by atoms with E-state index in [1.807, 2.05) is 0 Å². The first-order chi connectivity index (χ1) is 9.49. The highest BCUT2D eigenvalue weighted by Gasteiger charge is 2.31. The number of furan rings is 1. The average molecular weight is 287 g/mol. The molecule has 0 saturated carbocycles. The molecular formula is C13H15F2NO4. The van der Waals surface area contributed by atoms with E-state index in [-0.39, 0.29) is 12.2 Å². The third-order valence-electron chi connectivity index (χ3n) is 3.35. The van der Waals surface area contributed by atoms with Crippen molar-refractivity contribution in [3.63, 3.8) is 0 Å². The molecule has 1 aliphatic rings. The van der Waals surface area contributed by atoms with Crippen molar-refractivity contribution in [2.75, 3.05) is 6.54 Å². The van der Waals surface area contributed by atoms with E-state index in [4.69, 9.17) is 9.52 Å². The zero-order valence-corrected chi connectivity index (χ0v) is 10.7. The third-order valence-corrected chi connectivity index (χ3v) is 3.35. The van der Waals surface area contributed by atoms with E-state index in [0.29, 0.717) is 13.0 Å². The lowest BCUT2D eigenvalue weighted by molar-refractivity contribution is -0.138. The summed E-state index contributed by atoms with van der Waals surface area (Å²) >= 11 is 0. The van der Waals surface area contributed by atoms with Crippen molar-refractivity contribution in [1.82, 2.24) is 4.90 Å². The monoisotopic (exact) mass is 287 g/mol. The van der Waals surface area contributed by atoms with E-state index < -0.39 is 30.1 Å². The van der Waals surface area contributed by atoms with Crippen LogP contribution in [0.4, 0.5) is 8.78 Å². The Balaban J connectivity index is 2.13. The van der Waals surface area contributed by atoms with Gasteiger partial charge < -0.3 is 14.4 Å². The van der Waals surface area contributed by atoms with E-state index >= 15 is 0 Å². The third kappa shape index (κ3) is 3.15. The summed E-state index contributed by atoms with van der Waals surface area (Å²) in [4.78, 5) is 24.4. The van der Waals surface area contributed by atoms with Crippen LogP contribution in [0.3, 0.4) is 0 Å². The maximum Gasteiger partial charge on any atom is 0.305 e. The largest absolute Gasteiger partial charge is 0.481 e. The first kappa shape index (κ1) is 14.5. The molecule has 1 amide bonds. The summed E-state index contributed by atoms with van der Waals surface area (Å²) in [6.45, 7) is 0.418. The Morgan fingerprint density at radius 3 is 2.75 bits per heavy atom. The van der Waals surface area contributed by atoms with Crippen molar-refractivity contribution in [2.24, 2.45) is 0 Å². The van der Waals surface area contributed by atoms with Gasteiger partial charge in [0.15, 0.2) is 11.5 Å². The van der Waals surface area contributed by atoms with Crippen molar-refractivity contribution in [1.29, 1.82) is 0 Å². The second-order valence-corrected chi connectivity index (χ2v) is 4.75. The number of halogens is 2. The lowest BCUT2D eigenvalue weighted by Crippen LogP contribution is -2.44. The number of piperidine rings is 1. The number of carbonyl (C=O) groups excluding carboxylic acids is 1. The maximum absolute atomic E-state index is 12.4. The number of likely N-dealkylation sites (tertiary alicyclic amines) is 1. The number of amides is 1. The Morgan fingerprint density at radius 1 is 1.40 bits per heavy atom. The Kier molecular flexibility index (Phi) is 4.36. The molecule has 0 spiro atoms. The summed E-state index contributed by atoms with van der Waals surface area (Å²) in [5.41, 5.74) is 0. The molecule has 1 fully saturated rings. The summed E-state index contributed by atoms with van der Waals surface area (Å²) < 4.78 is 29.7. The van der Waals surface area contributed by atoms with Crippen molar-refractivity contribution in [2.45, 2.75) is 38.2 Å². The van der Waals surface area contributed by atoms with Gasteiger partial charge in [0.2, 0.25) is 0 Å². The molecule has 7 heteroatoms. The molecule has 110 valence electrons. The van der Waals surface area contributed by atoms with Crippen molar-refractivity contribution >= 4 is 11.9 Å². The van der Waals surface area contributed by atoms with Crippen LogP contribution in [-0.4, -0.2) is 34.5 Å². The molecule has 1 aromatic rings. The molecular weight excluding hydrogens is 272 g/mol. The van der Waals surface area contributed by atoms with Gasteiger partial charge in [-0.1, -0.05) is 0 Å². The molecule has 1 atom stereocenters. The van der Waals surface area contributed by atoms with Gasteiger partial charge in [-0.25, -0.2) is 8.78 Å². The molecule has 0 aliphatic carbocycles. The lowest BCUT2D eigenvalue weighted by Gasteiger charge is -2.34. The summed E-state index contributed by atoms with van der Waals surface area (Å²) in [5, 5.41) is 8.85. The number of carboxylic acids is 1. The fourth-order valence-corrected chi connectivity index (χ4v) is 2.41. The van der Waals surface area contributed by atoms with Crippen LogP contribution >= 0.6 is 0 Å². The van der Waals surface area contributed by atoms with Gasteiger partial charge in [0.25, 0.3) is 12.3 Å². The number of nitrogens with zero attached hydrogens (tertiary/aromatic N) is 1. The van der Waals surface area contributed by atoms with Gasteiger partial charge in [-0.05, 0) is 31.4 Å². The molecule has 1 aliphatic heterocycles.